The number of rotatable bonds is 3. The van der Waals surface area contributed by atoms with Gasteiger partial charge < -0.3 is 14.3 Å². The summed E-state index contributed by atoms with van der Waals surface area (Å²) in [6.07, 6.45) is 0.597. The van der Waals surface area contributed by atoms with Gasteiger partial charge in [-0.1, -0.05) is 35.5 Å². The summed E-state index contributed by atoms with van der Waals surface area (Å²) in [5, 5.41) is 3.95. The van der Waals surface area contributed by atoms with Gasteiger partial charge in [0.15, 0.2) is 0 Å². The monoisotopic (exact) mass is 225 g/mol. The van der Waals surface area contributed by atoms with Gasteiger partial charge >= 0.3 is 0 Å². The lowest BCUT2D eigenvalue weighted by Crippen LogP contribution is -2.07. The fourth-order valence-electron chi connectivity index (χ4n) is 1.40. The molecule has 1 heterocycles. The number of hydrogen-bond acceptors (Lipinski definition) is 4. The van der Waals surface area contributed by atoms with Crippen molar-refractivity contribution in [3.63, 3.8) is 0 Å². The van der Waals surface area contributed by atoms with Crippen molar-refractivity contribution in [1.82, 2.24) is 0 Å². The SMILES string of the molecule is COP(O)C1CC(c2ccccc2)=NO1. The molecule has 0 aliphatic carbocycles. The summed E-state index contributed by atoms with van der Waals surface area (Å²) in [6, 6.07) is 9.78. The zero-order valence-electron chi connectivity index (χ0n) is 8.33. The van der Waals surface area contributed by atoms with E-state index in [-0.39, 0.29) is 5.85 Å². The lowest BCUT2D eigenvalue weighted by molar-refractivity contribution is 0.126. The third kappa shape index (κ3) is 2.34. The Balaban J connectivity index is 2.04. The zero-order valence-corrected chi connectivity index (χ0v) is 9.22. The predicted molar refractivity (Wildman–Crippen MR) is 58.6 cm³/mol. The van der Waals surface area contributed by atoms with Gasteiger partial charge in [0, 0.05) is 13.5 Å². The molecule has 4 nitrogen and oxygen atoms in total. The second-order valence-electron chi connectivity index (χ2n) is 3.15. The summed E-state index contributed by atoms with van der Waals surface area (Å²) in [7, 11) is -0.0654. The molecule has 1 N–H and O–H groups in total. The molecule has 1 aliphatic rings. The molecule has 1 aromatic rings. The van der Waals surface area contributed by atoms with Gasteiger partial charge in [0.05, 0.1) is 5.71 Å². The highest BCUT2D eigenvalue weighted by Gasteiger charge is 2.29. The van der Waals surface area contributed by atoms with E-state index in [1.807, 2.05) is 30.3 Å². The predicted octanol–water partition coefficient (Wildman–Crippen LogP) is 2.09. The maximum Gasteiger partial charge on any atom is 0.214 e. The Kier molecular flexibility index (Phi) is 3.31. The van der Waals surface area contributed by atoms with E-state index >= 15 is 0 Å². The van der Waals surface area contributed by atoms with E-state index in [1.54, 1.807) is 0 Å². The van der Waals surface area contributed by atoms with Crippen molar-refractivity contribution in [1.29, 1.82) is 0 Å². The molecule has 2 rings (SSSR count). The number of benzene rings is 1. The van der Waals surface area contributed by atoms with Crippen LogP contribution in [0.4, 0.5) is 0 Å². The minimum Gasteiger partial charge on any atom is -0.382 e. The maximum absolute atomic E-state index is 9.47. The van der Waals surface area contributed by atoms with Gasteiger partial charge in [0.2, 0.25) is 14.2 Å². The normalized spacial score (nSPS) is 22.0. The van der Waals surface area contributed by atoms with Crippen LogP contribution >= 0.6 is 8.38 Å². The first-order valence-electron chi connectivity index (χ1n) is 4.61. The molecular formula is C10H12NO3P. The highest BCUT2D eigenvalue weighted by atomic mass is 31.2. The molecule has 0 fully saturated rings. The van der Waals surface area contributed by atoms with Crippen LogP contribution in [0.15, 0.2) is 35.5 Å². The van der Waals surface area contributed by atoms with Crippen LogP contribution < -0.4 is 0 Å². The molecule has 80 valence electrons. The van der Waals surface area contributed by atoms with Gasteiger partial charge in [-0.2, -0.15) is 0 Å². The van der Waals surface area contributed by atoms with Crippen molar-refractivity contribution in [3.8, 4) is 0 Å². The van der Waals surface area contributed by atoms with Crippen LogP contribution in [0.3, 0.4) is 0 Å². The van der Waals surface area contributed by atoms with Crippen molar-refractivity contribution >= 4 is 14.1 Å². The topological polar surface area (TPSA) is 51.0 Å². The standard InChI is InChI=1S/C10H12NO3P/c1-13-15(12)10-7-9(11-14-10)8-5-3-2-4-6-8/h2-6,10,12H,7H2,1H3. The lowest BCUT2D eigenvalue weighted by Gasteiger charge is -2.11. The summed E-state index contributed by atoms with van der Waals surface area (Å²) in [5.41, 5.74) is 1.89. The van der Waals surface area contributed by atoms with Crippen LogP contribution in [-0.4, -0.2) is 23.6 Å². The molecular weight excluding hydrogens is 213 g/mol. The Bertz CT molecular complexity index is 355. The first-order valence-corrected chi connectivity index (χ1v) is 5.89. The first kappa shape index (κ1) is 10.6. The van der Waals surface area contributed by atoms with Crippen molar-refractivity contribution in [2.45, 2.75) is 12.3 Å². The van der Waals surface area contributed by atoms with Crippen molar-refractivity contribution in [3.05, 3.63) is 35.9 Å². The van der Waals surface area contributed by atoms with Gasteiger partial charge in [-0.3, -0.25) is 0 Å². The van der Waals surface area contributed by atoms with Gasteiger partial charge in [0.25, 0.3) is 0 Å². The molecule has 0 saturated carbocycles. The molecule has 1 aromatic carbocycles. The van der Waals surface area contributed by atoms with Crippen molar-refractivity contribution in [2.75, 3.05) is 7.11 Å². The smallest absolute Gasteiger partial charge is 0.214 e. The quantitative estimate of drug-likeness (QED) is 0.801. The van der Waals surface area contributed by atoms with Crippen LogP contribution in [0, 0.1) is 0 Å². The Morgan fingerprint density at radius 2 is 2.20 bits per heavy atom. The number of oxime groups is 1. The lowest BCUT2D eigenvalue weighted by atomic mass is 10.1. The Hall–Kier alpha value is -0.960. The van der Waals surface area contributed by atoms with E-state index in [0.717, 1.165) is 11.3 Å². The highest BCUT2D eigenvalue weighted by Crippen LogP contribution is 2.42. The molecule has 0 spiro atoms. The summed E-state index contributed by atoms with van der Waals surface area (Å²) >= 11 is 0. The van der Waals surface area contributed by atoms with Crippen molar-refractivity contribution in [2.24, 2.45) is 5.16 Å². The zero-order chi connectivity index (χ0) is 10.7. The van der Waals surface area contributed by atoms with Crippen molar-refractivity contribution < 1.29 is 14.3 Å². The Morgan fingerprint density at radius 3 is 2.87 bits per heavy atom. The van der Waals surface area contributed by atoms with Crippen LogP contribution in [-0.2, 0) is 9.36 Å². The summed E-state index contributed by atoms with van der Waals surface area (Å²) < 4.78 is 4.84. The molecule has 0 radical (unpaired) electrons. The van der Waals surface area contributed by atoms with Crippen LogP contribution in [0.2, 0.25) is 0 Å². The maximum atomic E-state index is 9.47. The Morgan fingerprint density at radius 1 is 1.47 bits per heavy atom. The van der Waals surface area contributed by atoms with Crippen LogP contribution in [0.5, 0.6) is 0 Å². The molecule has 2 atom stereocenters. The molecule has 1 aliphatic heterocycles. The molecule has 5 heteroatoms. The van der Waals surface area contributed by atoms with E-state index in [0.29, 0.717) is 6.42 Å². The average molecular weight is 225 g/mol. The van der Waals surface area contributed by atoms with E-state index in [2.05, 4.69) is 5.16 Å². The van der Waals surface area contributed by atoms with Gasteiger partial charge in [0.1, 0.15) is 0 Å². The largest absolute Gasteiger partial charge is 0.382 e. The van der Waals surface area contributed by atoms with E-state index in [1.165, 1.54) is 7.11 Å². The second kappa shape index (κ2) is 4.71. The van der Waals surface area contributed by atoms with Gasteiger partial charge in [-0.05, 0) is 5.56 Å². The summed E-state index contributed by atoms with van der Waals surface area (Å²) in [5.74, 6) is -0.333. The molecule has 0 bridgehead atoms. The Labute approximate surface area is 89.4 Å². The highest BCUT2D eigenvalue weighted by molar-refractivity contribution is 7.46. The fraction of sp³-hybridized carbons (Fsp3) is 0.300. The van der Waals surface area contributed by atoms with E-state index in [4.69, 9.17) is 9.36 Å². The summed E-state index contributed by atoms with van der Waals surface area (Å²) in [4.78, 5) is 14.6. The van der Waals surface area contributed by atoms with E-state index < -0.39 is 8.38 Å². The summed E-state index contributed by atoms with van der Waals surface area (Å²) in [6.45, 7) is 0. The molecule has 15 heavy (non-hydrogen) atoms. The molecule has 2 unspecified atom stereocenters. The number of nitrogens with zero attached hydrogens (tertiary/aromatic N) is 1. The second-order valence-corrected chi connectivity index (χ2v) is 4.70. The molecule has 0 aromatic heterocycles. The minimum absolute atomic E-state index is 0.333. The van der Waals surface area contributed by atoms with Gasteiger partial charge in [-0.15, -0.1) is 0 Å². The third-order valence-electron chi connectivity index (χ3n) is 2.19. The fourth-order valence-corrected chi connectivity index (χ4v) is 2.09. The first-order chi connectivity index (χ1) is 7.31. The third-order valence-corrected chi connectivity index (χ3v) is 3.34. The van der Waals surface area contributed by atoms with Crippen LogP contribution in [0.25, 0.3) is 0 Å². The van der Waals surface area contributed by atoms with Crippen LogP contribution in [0.1, 0.15) is 12.0 Å². The number of hydrogen-bond donors (Lipinski definition) is 1. The average Bonchev–Trinajstić information content (AvgIpc) is 2.78. The van der Waals surface area contributed by atoms with Gasteiger partial charge in [-0.25, -0.2) is 0 Å². The van der Waals surface area contributed by atoms with E-state index in [9.17, 15) is 4.89 Å². The minimum atomic E-state index is -1.53. The molecule has 0 saturated heterocycles. The molecule has 0 amide bonds.